The van der Waals surface area contributed by atoms with Crippen LogP contribution in [0.15, 0.2) is 40.8 Å². The number of furan rings is 1. The van der Waals surface area contributed by atoms with Gasteiger partial charge in [-0.3, -0.25) is 0 Å². The van der Waals surface area contributed by atoms with E-state index in [0.717, 1.165) is 33.5 Å². The molecule has 0 aliphatic carbocycles. The first-order chi connectivity index (χ1) is 14.9. The van der Waals surface area contributed by atoms with Crippen LogP contribution in [0.3, 0.4) is 0 Å². The van der Waals surface area contributed by atoms with Crippen LogP contribution in [0.5, 0.6) is 0 Å². The van der Waals surface area contributed by atoms with E-state index in [4.69, 9.17) is 16.5 Å². The lowest BCUT2D eigenvalue weighted by atomic mass is 9.96. The van der Waals surface area contributed by atoms with Crippen molar-refractivity contribution >= 4 is 27.6 Å². The van der Waals surface area contributed by atoms with Gasteiger partial charge in [0.2, 0.25) is 5.69 Å². The zero-order valence-electron chi connectivity index (χ0n) is 20.8. The van der Waals surface area contributed by atoms with E-state index in [1.807, 2.05) is 40.0 Å². The van der Waals surface area contributed by atoms with Gasteiger partial charge in [-0.05, 0) is 30.9 Å². The van der Waals surface area contributed by atoms with E-state index in [-0.39, 0.29) is 11.3 Å². The van der Waals surface area contributed by atoms with Crippen molar-refractivity contribution in [2.75, 3.05) is 0 Å². The molecule has 0 saturated carbocycles. The molecule has 0 radical (unpaired) electrons. The molecule has 0 amide bonds. The fourth-order valence-electron chi connectivity index (χ4n) is 3.98. The van der Waals surface area contributed by atoms with E-state index < -0.39 is 12.7 Å². The molecule has 4 aromatic rings. The Labute approximate surface area is 171 Å². The van der Waals surface area contributed by atoms with Crippen LogP contribution in [0, 0.1) is 27.3 Å². The third kappa shape index (κ3) is 2.60. The molecule has 1 unspecified atom stereocenters. The first kappa shape index (κ1) is 14.0. The summed E-state index contributed by atoms with van der Waals surface area (Å²) in [7, 11) is 2.00. The SMILES string of the molecule is [2H]C([2H])([2H])C([2H])(C)c1c([N+]#[C-])ccc2c1oc1c(-c3cc(C)cc(C)[n+]3C)c(C)ccc12. The third-order valence-electron chi connectivity index (χ3n) is 5.44. The Morgan fingerprint density at radius 1 is 1.11 bits per heavy atom. The van der Waals surface area contributed by atoms with Crippen molar-refractivity contribution in [3.63, 3.8) is 0 Å². The lowest BCUT2D eigenvalue weighted by molar-refractivity contribution is -0.666. The van der Waals surface area contributed by atoms with E-state index in [1.165, 1.54) is 6.92 Å². The Balaban J connectivity index is 2.19. The number of hydrogen-bond acceptors (Lipinski definition) is 1. The van der Waals surface area contributed by atoms with Gasteiger partial charge in [0.25, 0.3) is 0 Å². The van der Waals surface area contributed by atoms with Gasteiger partial charge in [0, 0.05) is 40.9 Å². The van der Waals surface area contributed by atoms with Crippen molar-refractivity contribution in [1.29, 1.82) is 0 Å². The van der Waals surface area contributed by atoms with E-state index in [1.54, 1.807) is 12.1 Å². The first-order valence-corrected chi connectivity index (χ1v) is 9.23. The molecule has 0 saturated heterocycles. The zero-order valence-corrected chi connectivity index (χ0v) is 16.8. The molecule has 0 aliphatic rings. The molecule has 2 heterocycles. The molecule has 0 fully saturated rings. The molecule has 0 bridgehead atoms. The number of fused-ring (bicyclic) bond motifs is 3. The summed E-state index contributed by atoms with van der Waals surface area (Å²) in [5, 5.41) is 1.54. The van der Waals surface area contributed by atoms with Gasteiger partial charge in [-0.15, -0.1) is 0 Å². The molecule has 4 rings (SSSR count). The van der Waals surface area contributed by atoms with E-state index in [2.05, 4.69) is 21.5 Å². The maximum Gasteiger partial charge on any atom is 0.216 e. The Kier molecular flexibility index (Phi) is 3.24. The lowest BCUT2D eigenvalue weighted by Crippen LogP contribution is -2.35. The summed E-state index contributed by atoms with van der Waals surface area (Å²) in [6.45, 7) is 12.4. The van der Waals surface area contributed by atoms with Crippen LogP contribution in [0.1, 0.15) is 47.5 Å². The van der Waals surface area contributed by atoms with Crippen molar-refractivity contribution in [1.82, 2.24) is 0 Å². The fourth-order valence-corrected chi connectivity index (χ4v) is 3.98. The predicted molar refractivity (Wildman–Crippen MR) is 115 cm³/mol. The molecule has 0 spiro atoms. The van der Waals surface area contributed by atoms with Crippen molar-refractivity contribution in [2.24, 2.45) is 7.05 Å². The molecule has 3 nitrogen and oxygen atoms in total. The first-order valence-electron chi connectivity index (χ1n) is 11.2. The van der Waals surface area contributed by atoms with Gasteiger partial charge in [-0.2, -0.15) is 4.57 Å². The second-order valence-electron chi connectivity index (χ2n) is 7.43. The van der Waals surface area contributed by atoms with Crippen LogP contribution in [0.25, 0.3) is 38.0 Å². The molecule has 0 aliphatic heterocycles. The normalized spacial score (nSPS) is 16.1. The molecule has 28 heavy (non-hydrogen) atoms. The van der Waals surface area contributed by atoms with Crippen LogP contribution in [-0.4, -0.2) is 0 Å². The molecule has 2 aromatic carbocycles. The minimum absolute atomic E-state index is 0.106. The minimum atomic E-state index is -2.63. The molecule has 140 valence electrons. The van der Waals surface area contributed by atoms with Crippen LogP contribution >= 0.6 is 0 Å². The van der Waals surface area contributed by atoms with Crippen LogP contribution in [0.4, 0.5) is 5.69 Å². The average Bonchev–Trinajstić information content (AvgIpc) is 3.07. The van der Waals surface area contributed by atoms with Gasteiger partial charge in [-0.25, -0.2) is 4.85 Å². The Morgan fingerprint density at radius 3 is 2.54 bits per heavy atom. The maximum absolute atomic E-state index is 8.70. The molecule has 1 atom stereocenters. The highest BCUT2D eigenvalue weighted by Crippen LogP contribution is 2.42. The van der Waals surface area contributed by atoms with Crippen LogP contribution in [-0.2, 0) is 7.05 Å². The van der Waals surface area contributed by atoms with Gasteiger partial charge in [-0.1, -0.05) is 38.0 Å². The molecule has 2 aromatic heterocycles. The summed E-state index contributed by atoms with van der Waals surface area (Å²) < 4.78 is 41.0. The van der Waals surface area contributed by atoms with E-state index >= 15 is 0 Å². The summed E-state index contributed by atoms with van der Waals surface area (Å²) in [5.41, 5.74) is 6.31. The number of benzene rings is 2. The third-order valence-corrected chi connectivity index (χ3v) is 5.44. The smallest absolute Gasteiger partial charge is 0.216 e. The number of nitrogens with zero attached hydrogens (tertiary/aromatic N) is 2. The van der Waals surface area contributed by atoms with Gasteiger partial charge in [0.1, 0.15) is 18.2 Å². The summed E-state index contributed by atoms with van der Waals surface area (Å²) in [6.07, 6.45) is 0. The van der Waals surface area contributed by atoms with Crippen molar-refractivity contribution in [3.05, 3.63) is 70.2 Å². The highest BCUT2D eigenvalue weighted by molar-refractivity contribution is 6.11. The van der Waals surface area contributed by atoms with E-state index in [9.17, 15) is 0 Å². The Hall–Kier alpha value is -3.12. The Bertz CT molecular complexity index is 1440. The number of hydrogen-bond donors (Lipinski definition) is 0. The summed E-state index contributed by atoms with van der Waals surface area (Å²) in [5.74, 6) is -2.00. The largest absolute Gasteiger partial charge is 0.456 e. The van der Waals surface area contributed by atoms with Crippen molar-refractivity contribution in [3.8, 4) is 11.3 Å². The van der Waals surface area contributed by atoms with Gasteiger partial charge < -0.3 is 4.42 Å². The number of pyridine rings is 1. The molecular formula is C25H25N2O+. The number of aryl methyl sites for hydroxylation is 3. The predicted octanol–water partition coefficient (Wildman–Crippen LogP) is 6.68. The summed E-state index contributed by atoms with van der Waals surface area (Å²) in [6, 6.07) is 11.6. The lowest BCUT2D eigenvalue weighted by Gasteiger charge is -2.08. The van der Waals surface area contributed by atoms with Gasteiger partial charge in [0.15, 0.2) is 11.4 Å². The molecular weight excluding hydrogens is 344 g/mol. The van der Waals surface area contributed by atoms with Crippen molar-refractivity contribution in [2.45, 2.75) is 40.4 Å². The molecule has 0 N–H and O–H groups in total. The highest BCUT2D eigenvalue weighted by atomic mass is 16.3. The van der Waals surface area contributed by atoms with Crippen LogP contribution < -0.4 is 4.57 Å². The minimum Gasteiger partial charge on any atom is -0.456 e. The maximum atomic E-state index is 8.70. The summed E-state index contributed by atoms with van der Waals surface area (Å²) in [4.78, 5) is 3.52. The van der Waals surface area contributed by atoms with Crippen LogP contribution in [0.2, 0.25) is 0 Å². The van der Waals surface area contributed by atoms with Gasteiger partial charge >= 0.3 is 0 Å². The topological polar surface area (TPSA) is 21.4 Å². The van der Waals surface area contributed by atoms with Crippen molar-refractivity contribution < 1.29 is 14.5 Å². The zero-order chi connectivity index (χ0) is 23.6. The summed E-state index contributed by atoms with van der Waals surface area (Å²) >= 11 is 0. The monoisotopic (exact) mass is 373 g/mol. The number of rotatable bonds is 2. The average molecular weight is 374 g/mol. The van der Waals surface area contributed by atoms with Gasteiger partial charge in [0.05, 0.1) is 12.1 Å². The number of aromatic nitrogens is 1. The quantitative estimate of drug-likeness (QED) is 0.284. The molecule has 3 heteroatoms. The second-order valence-corrected chi connectivity index (χ2v) is 7.43. The van der Waals surface area contributed by atoms with E-state index in [0.29, 0.717) is 16.6 Å². The fraction of sp³-hybridized carbons (Fsp3) is 0.280. The second kappa shape index (κ2) is 6.49. The Morgan fingerprint density at radius 2 is 1.82 bits per heavy atom. The highest BCUT2D eigenvalue weighted by Gasteiger charge is 2.24. The standard InChI is InChI=1S/C25H25N2O/c1-14(2)22-20(26-6)11-10-19-18-9-8-16(4)23(25(18)28-24(19)22)21-13-15(3)12-17(5)27(21)7/h8-14H,1-5,7H3/q+1/i1D3,14D.